The van der Waals surface area contributed by atoms with Crippen LogP contribution in [0.2, 0.25) is 0 Å². The smallest absolute Gasteiger partial charge is 0.475 e. The second-order valence-corrected chi connectivity index (χ2v) is 5.45. The summed E-state index contributed by atoms with van der Waals surface area (Å²) in [6.45, 7) is -0.607. The molecule has 0 saturated heterocycles. The van der Waals surface area contributed by atoms with Gasteiger partial charge in [-0.25, -0.2) is 13.6 Å². The van der Waals surface area contributed by atoms with Gasteiger partial charge in [-0.15, -0.1) is 0 Å². The molecule has 2 aliphatic carbocycles. The molecule has 1 fully saturated rings. The van der Waals surface area contributed by atoms with Gasteiger partial charge in [0.2, 0.25) is 5.91 Å². The molecule has 3 N–H and O–H groups in total. The average Bonchev–Trinajstić information content (AvgIpc) is 3.08. The number of alkyl halides is 7. The molecule has 25 heavy (non-hydrogen) atoms. The number of rotatable bonds is 3. The second kappa shape index (κ2) is 5.88. The molecule has 0 spiro atoms. The van der Waals surface area contributed by atoms with E-state index in [1.54, 1.807) is 0 Å². The van der Waals surface area contributed by atoms with Crippen molar-refractivity contribution in [3.8, 4) is 0 Å². The van der Waals surface area contributed by atoms with Gasteiger partial charge >= 0.3 is 12.1 Å². The van der Waals surface area contributed by atoms with Crippen LogP contribution in [0.1, 0.15) is 35.7 Å². The number of carboxylic acids is 1. The summed E-state index contributed by atoms with van der Waals surface area (Å²) in [6.07, 6.45) is -7.81. The predicted octanol–water partition coefficient (Wildman–Crippen LogP) is 2.15. The minimum Gasteiger partial charge on any atom is -0.475 e. The van der Waals surface area contributed by atoms with Crippen LogP contribution in [0.15, 0.2) is 0 Å². The zero-order chi connectivity index (χ0) is 19.3. The largest absolute Gasteiger partial charge is 0.490 e. The van der Waals surface area contributed by atoms with Crippen molar-refractivity contribution in [3.05, 3.63) is 17.0 Å². The zero-order valence-corrected chi connectivity index (χ0v) is 12.0. The summed E-state index contributed by atoms with van der Waals surface area (Å²) in [5, 5.41) is 10.6. The van der Waals surface area contributed by atoms with Crippen molar-refractivity contribution in [3.63, 3.8) is 0 Å². The first kappa shape index (κ1) is 19.0. The second-order valence-electron chi connectivity index (χ2n) is 5.45. The molecule has 2 aliphatic rings. The number of carbonyl (C=O) groups is 2. The first-order chi connectivity index (χ1) is 11.3. The van der Waals surface area contributed by atoms with E-state index in [0.717, 1.165) is 0 Å². The Hall–Kier alpha value is -2.34. The van der Waals surface area contributed by atoms with Crippen LogP contribution in [0.5, 0.6) is 0 Å². The van der Waals surface area contributed by atoms with Crippen molar-refractivity contribution in [1.82, 2.24) is 9.78 Å². The number of hydrogen-bond acceptors (Lipinski definition) is 3. The first-order valence-corrected chi connectivity index (χ1v) is 6.63. The summed E-state index contributed by atoms with van der Waals surface area (Å²) in [5.74, 6) is -8.33. The van der Waals surface area contributed by atoms with Gasteiger partial charge in [0.05, 0.1) is 0 Å². The summed E-state index contributed by atoms with van der Waals surface area (Å²) in [6, 6.07) is 0. The fourth-order valence-corrected chi connectivity index (χ4v) is 2.72. The molecule has 0 bridgehead atoms. The molecule has 1 aromatic rings. The SMILES string of the molecule is NC(=O)Cn1nc(C(F)F)c2c1C(F)(F)[C@@H]1C[C@H]21.O=C(O)C(F)(F)F. The van der Waals surface area contributed by atoms with E-state index in [4.69, 9.17) is 15.6 Å². The number of hydrogen-bond donors (Lipinski definition) is 2. The van der Waals surface area contributed by atoms with Gasteiger partial charge in [0, 0.05) is 11.5 Å². The van der Waals surface area contributed by atoms with E-state index in [9.17, 15) is 35.5 Å². The summed E-state index contributed by atoms with van der Waals surface area (Å²) in [7, 11) is 0. The number of primary amides is 1. The molecular weight excluding hydrogens is 367 g/mol. The monoisotopic (exact) mass is 377 g/mol. The predicted molar refractivity (Wildman–Crippen MR) is 64.8 cm³/mol. The van der Waals surface area contributed by atoms with Gasteiger partial charge in [-0.2, -0.15) is 27.1 Å². The highest BCUT2D eigenvalue weighted by atomic mass is 19.4. The Morgan fingerprint density at radius 2 is 1.88 bits per heavy atom. The van der Waals surface area contributed by atoms with E-state index in [1.165, 1.54) is 0 Å². The van der Waals surface area contributed by atoms with Crippen LogP contribution in [0, 0.1) is 5.92 Å². The molecule has 1 aromatic heterocycles. The Morgan fingerprint density at radius 3 is 2.28 bits per heavy atom. The van der Waals surface area contributed by atoms with Crippen LogP contribution in [-0.2, 0) is 22.1 Å². The van der Waals surface area contributed by atoms with Crippen LogP contribution in [0.25, 0.3) is 0 Å². The van der Waals surface area contributed by atoms with E-state index >= 15 is 0 Å². The van der Waals surface area contributed by atoms with E-state index in [1.807, 2.05) is 0 Å². The van der Waals surface area contributed by atoms with Crippen molar-refractivity contribution in [2.24, 2.45) is 11.7 Å². The summed E-state index contributed by atoms with van der Waals surface area (Å²) in [4.78, 5) is 19.7. The number of aromatic nitrogens is 2. The molecule has 1 amide bonds. The average molecular weight is 377 g/mol. The van der Waals surface area contributed by atoms with E-state index in [0.29, 0.717) is 4.68 Å². The van der Waals surface area contributed by atoms with Crippen molar-refractivity contribution in [2.75, 3.05) is 0 Å². The van der Waals surface area contributed by atoms with Crippen molar-refractivity contribution < 1.29 is 45.4 Å². The molecular formula is C12H10F7N3O3. The number of fused-ring (bicyclic) bond motifs is 3. The van der Waals surface area contributed by atoms with Crippen LogP contribution >= 0.6 is 0 Å². The van der Waals surface area contributed by atoms with E-state index < -0.39 is 60.2 Å². The maximum atomic E-state index is 13.9. The molecule has 3 rings (SSSR count). The number of amides is 1. The van der Waals surface area contributed by atoms with Crippen LogP contribution in [-0.4, -0.2) is 32.9 Å². The third-order valence-electron chi connectivity index (χ3n) is 3.72. The molecule has 0 aromatic carbocycles. The molecule has 0 unspecified atom stereocenters. The number of carboxylic acid groups (broad SMARTS) is 1. The third kappa shape index (κ3) is 3.39. The summed E-state index contributed by atoms with van der Waals surface area (Å²) < 4.78 is 85.7. The lowest BCUT2D eigenvalue weighted by Crippen LogP contribution is -2.26. The molecule has 2 atom stereocenters. The molecule has 0 radical (unpaired) electrons. The lowest BCUT2D eigenvalue weighted by atomic mass is 10.1. The van der Waals surface area contributed by atoms with Crippen molar-refractivity contribution >= 4 is 11.9 Å². The highest BCUT2D eigenvalue weighted by Gasteiger charge is 2.67. The Labute approximate surface area is 134 Å². The molecule has 140 valence electrons. The minimum absolute atomic E-state index is 0.0822. The van der Waals surface area contributed by atoms with Gasteiger partial charge in [0.25, 0.3) is 12.3 Å². The van der Waals surface area contributed by atoms with E-state index in [-0.39, 0.29) is 12.0 Å². The summed E-state index contributed by atoms with van der Waals surface area (Å²) >= 11 is 0. The highest BCUT2D eigenvalue weighted by Crippen LogP contribution is 2.68. The standard InChI is InChI=1S/C10H9F4N3O.C2HF3O2/c11-9(12)7-6-3-1-4(3)10(13,14)8(6)17(16-7)2-5(15)18;3-2(4,5)1(6)7/h3-4,9H,1-2H2,(H2,15,18);(H,6,7)/t3-,4+;/m0./s1. The van der Waals surface area contributed by atoms with Gasteiger partial charge in [-0.3, -0.25) is 9.48 Å². The van der Waals surface area contributed by atoms with E-state index in [2.05, 4.69) is 5.10 Å². The van der Waals surface area contributed by atoms with Gasteiger partial charge in [-0.1, -0.05) is 0 Å². The normalized spacial score (nSPS) is 22.7. The number of halogens is 7. The van der Waals surface area contributed by atoms with Crippen LogP contribution in [0.3, 0.4) is 0 Å². The fraction of sp³-hybridized carbons (Fsp3) is 0.583. The lowest BCUT2D eigenvalue weighted by Gasteiger charge is -2.14. The van der Waals surface area contributed by atoms with Gasteiger partial charge in [-0.05, 0) is 12.3 Å². The van der Waals surface area contributed by atoms with Crippen LogP contribution in [0.4, 0.5) is 30.7 Å². The van der Waals surface area contributed by atoms with Gasteiger partial charge in [0.15, 0.2) is 0 Å². The van der Waals surface area contributed by atoms with Gasteiger partial charge in [0.1, 0.15) is 17.9 Å². The van der Waals surface area contributed by atoms with Gasteiger partial charge < -0.3 is 10.8 Å². The first-order valence-electron chi connectivity index (χ1n) is 6.63. The highest BCUT2D eigenvalue weighted by molar-refractivity contribution is 5.73. The lowest BCUT2D eigenvalue weighted by molar-refractivity contribution is -0.192. The molecule has 13 heteroatoms. The molecule has 1 saturated carbocycles. The molecule has 1 heterocycles. The number of carbonyl (C=O) groups excluding carboxylic acids is 1. The topological polar surface area (TPSA) is 98.2 Å². The Bertz CT molecular complexity index is 714. The number of aliphatic carboxylic acids is 1. The Balaban J connectivity index is 0.000000277. The maximum Gasteiger partial charge on any atom is 0.490 e. The minimum atomic E-state index is -5.08. The van der Waals surface area contributed by atoms with Crippen molar-refractivity contribution in [1.29, 1.82) is 0 Å². The molecule has 6 nitrogen and oxygen atoms in total. The Morgan fingerprint density at radius 1 is 1.36 bits per heavy atom. The molecule has 0 aliphatic heterocycles. The fourth-order valence-electron chi connectivity index (χ4n) is 2.72. The summed E-state index contributed by atoms with van der Waals surface area (Å²) in [5.41, 5.74) is 3.62. The zero-order valence-electron chi connectivity index (χ0n) is 12.0. The third-order valence-corrected chi connectivity index (χ3v) is 3.72. The van der Waals surface area contributed by atoms with Crippen molar-refractivity contribution in [2.45, 2.75) is 37.4 Å². The number of nitrogens with two attached hydrogens (primary N) is 1. The maximum absolute atomic E-state index is 13.9. The van der Waals surface area contributed by atoms with Crippen LogP contribution < -0.4 is 5.73 Å². The quantitative estimate of drug-likeness (QED) is 0.789. The number of nitrogens with zero attached hydrogens (tertiary/aromatic N) is 2. The Kier molecular flexibility index (Phi) is 4.46.